The van der Waals surface area contributed by atoms with Crippen LogP contribution in [-0.2, 0) is 9.47 Å². The van der Waals surface area contributed by atoms with Gasteiger partial charge in [-0.15, -0.1) is 0 Å². The van der Waals surface area contributed by atoms with Crippen molar-refractivity contribution in [2.24, 2.45) is 0 Å². The highest BCUT2D eigenvalue weighted by molar-refractivity contribution is 5.59. The molecule has 0 amide bonds. The molecule has 4 heteroatoms. The van der Waals surface area contributed by atoms with Gasteiger partial charge >= 0.3 is 6.16 Å². The van der Waals surface area contributed by atoms with Crippen LogP contribution in [0.25, 0.3) is 0 Å². The summed E-state index contributed by atoms with van der Waals surface area (Å²) in [4.78, 5) is 11.2. The Kier molecular flexibility index (Phi) is 5.67. The van der Waals surface area contributed by atoms with Crippen molar-refractivity contribution in [1.82, 2.24) is 0 Å². The second-order valence-electron chi connectivity index (χ2n) is 4.68. The highest BCUT2D eigenvalue weighted by Gasteiger charge is 2.15. The summed E-state index contributed by atoms with van der Waals surface area (Å²) in [5.74, 6) is 1.08. The lowest BCUT2D eigenvalue weighted by Gasteiger charge is -2.19. The van der Waals surface area contributed by atoms with Crippen LogP contribution in [0.2, 0.25) is 0 Å². The fourth-order valence-electron chi connectivity index (χ4n) is 1.71. The molecule has 0 saturated carbocycles. The smallest absolute Gasteiger partial charge is 0.455 e. The van der Waals surface area contributed by atoms with Crippen molar-refractivity contribution in [3.05, 3.63) is 29.3 Å². The third kappa shape index (κ3) is 4.81. The standard InChI is InChI=1S/C15H22O4/c1-6-17-15(16)19-12(5)18-14-9-11(4)7-8-13(14)10(2)3/h7-10,12H,6H2,1-5H3. The molecule has 0 spiro atoms. The van der Waals surface area contributed by atoms with Crippen LogP contribution >= 0.6 is 0 Å². The molecule has 1 atom stereocenters. The lowest BCUT2D eigenvalue weighted by Crippen LogP contribution is -2.22. The molecule has 1 rings (SSSR count). The minimum Gasteiger partial charge on any atom is -0.455 e. The van der Waals surface area contributed by atoms with Gasteiger partial charge < -0.3 is 14.2 Å². The first kappa shape index (κ1) is 15.3. The number of rotatable bonds is 5. The highest BCUT2D eigenvalue weighted by Crippen LogP contribution is 2.28. The molecule has 4 nitrogen and oxygen atoms in total. The predicted molar refractivity (Wildman–Crippen MR) is 73.5 cm³/mol. The average Bonchev–Trinajstić information content (AvgIpc) is 2.28. The van der Waals surface area contributed by atoms with Crippen LogP contribution < -0.4 is 4.74 Å². The van der Waals surface area contributed by atoms with Crippen LogP contribution in [0.1, 0.15) is 44.7 Å². The monoisotopic (exact) mass is 266 g/mol. The Morgan fingerprint density at radius 2 is 1.95 bits per heavy atom. The van der Waals surface area contributed by atoms with E-state index in [1.807, 2.05) is 25.1 Å². The third-order valence-electron chi connectivity index (χ3n) is 2.61. The van der Waals surface area contributed by atoms with Gasteiger partial charge in [0, 0.05) is 6.92 Å². The van der Waals surface area contributed by atoms with Crippen molar-refractivity contribution in [2.45, 2.75) is 46.8 Å². The molecule has 0 N–H and O–H groups in total. The van der Waals surface area contributed by atoms with Gasteiger partial charge in [-0.3, -0.25) is 0 Å². The van der Waals surface area contributed by atoms with Gasteiger partial charge in [0.25, 0.3) is 0 Å². The summed E-state index contributed by atoms with van der Waals surface area (Å²) in [5, 5.41) is 0. The summed E-state index contributed by atoms with van der Waals surface area (Å²) in [7, 11) is 0. The average molecular weight is 266 g/mol. The van der Waals surface area contributed by atoms with Crippen molar-refractivity contribution in [3.63, 3.8) is 0 Å². The van der Waals surface area contributed by atoms with Crippen LogP contribution in [0.3, 0.4) is 0 Å². The minimum atomic E-state index is -0.714. The van der Waals surface area contributed by atoms with Gasteiger partial charge in [-0.25, -0.2) is 4.79 Å². The summed E-state index contributed by atoms with van der Waals surface area (Å²) in [6.07, 6.45) is -1.40. The number of benzene rings is 1. The van der Waals surface area contributed by atoms with E-state index in [0.29, 0.717) is 5.92 Å². The molecule has 1 unspecified atom stereocenters. The summed E-state index contributed by atoms with van der Waals surface area (Å²) in [5.41, 5.74) is 2.19. The molecule has 0 bridgehead atoms. The second kappa shape index (κ2) is 7.02. The van der Waals surface area contributed by atoms with Gasteiger partial charge in [-0.2, -0.15) is 0 Å². The van der Waals surface area contributed by atoms with Crippen LogP contribution in [0.5, 0.6) is 5.75 Å². The normalized spacial score (nSPS) is 12.1. The van der Waals surface area contributed by atoms with Gasteiger partial charge in [-0.1, -0.05) is 26.0 Å². The topological polar surface area (TPSA) is 44.8 Å². The number of ether oxygens (including phenoxy) is 3. The fraction of sp³-hybridized carbons (Fsp3) is 0.533. The molecule has 0 heterocycles. The van der Waals surface area contributed by atoms with E-state index in [0.717, 1.165) is 16.9 Å². The molecule has 0 saturated heterocycles. The Morgan fingerprint density at radius 3 is 2.53 bits per heavy atom. The van der Waals surface area contributed by atoms with Crippen molar-refractivity contribution in [2.75, 3.05) is 6.61 Å². The lowest BCUT2D eigenvalue weighted by atomic mass is 10.0. The third-order valence-corrected chi connectivity index (χ3v) is 2.61. The molecular weight excluding hydrogens is 244 g/mol. The molecule has 0 aromatic heterocycles. The number of aryl methyl sites for hydroxylation is 1. The highest BCUT2D eigenvalue weighted by atomic mass is 16.8. The first-order chi connectivity index (χ1) is 8.93. The largest absolute Gasteiger partial charge is 0.511 e. The van der Waals surface area contributed by atoms with Crippen molar-refractivity contribution < 1.29 is 19.0 Å². The summed E-state index contributed by atoms with van der Waals surface area (Å²) in [6, 6.07) is 6.02. The Morgan fingerprint density at radius 1 is 1.26 bits per heavy atom. The van der Waals surface area contributed by atoms with Crippen molar-refractivity contribution in [1.29, 1.82) is 0 Å². The zero-order chi connectivity index (χ0) is 14.4. The van der Waals surface area contributed by atoms with E-state index in [-0.39, 0.29) is 6.61 Å². The summed E-state index contributed by atoms with van der Waals surface area (Å²) in [6.45, 7) is 9.86. The van der Waals surface area contributed by atoms with Gasteiger partial charge in [-0.05, 0) is 37.0 Å². The van der Waals surface area contributed by atoms with Crippen molar-refractivity contribution >= 4 is 6.16 Å². The number of carbonyl (C=O) groups is 1. The summed E-state index contributed by atoms with van der Waals surface area (Å²) < 4.78 is 15.4. The minimum absolute atomic E-state index is 0.285. The Balaban J connectivity index is 2.75. The molecule has 0 aliphatic carbocycles. The Labute approximate surface area is 114 Å². The van der Waals surface area contributed by atoms with Gasteiger partial charge in [0.2, 0.25) is 6.29 Å². The van der Waals surface area contributed by atoms with Crippen LogP contribution in [0.4, 0.5) is 4.79 Å². The van der Waals surface area contributed by atoms with Crippen LogP contribution in [0, 0.1) is 6.92 Å². The zero-order valence-corrected chi connectivity index (χ0v) is 12.2. The molecule has 0 radical (unpaired) electrons. The lowest BCUT2D eigenvalue weighted by molar-refractivity contribution is -0.0523. The van der Waals surface area contributed by atoms with E-state index in [1.165, 1.54) is 0 Å². The number of carbonyl (C=O) groups excluding carboxylic acids is 1. The maximum Gasteiger partial charge on any atom is 0.511 e. The molecule has 19 heavy (non-hydrogen) atoms. The molecule has 0 aliphatic rings. The number of hydrogen-bond donors (Lipinski definition) is 0. The Hall–Kier alpha value is -1.71. The van der Waals surface area contributed by atoms with Gasteiger partial charge in [0.15, 0.2) is 0 Å². The van der Waals surface area contributed by atoms with Crippen LogP contribution in [-0.4, -0.2) is 19.1 Å². The van der Waals surface area contributed by atoms with E-state index >= 15 is 0 Å². The van der Waals surface area contributed by atoms with Gasteiger partial charge in [0.05, 0.1) is 6.61 Å². The molecule has 0 fully saturated rings. The van der Waals surface area contributed by atoms with E-state index in [4.69, 9.17) is 14.2 Å². The van der Waals surface area contributed by atoms with Crippen molar-refractivity contribution in [3.8, 4) is 5.75 Å². The first-order valence-electron chi connectivity index (χ1n) is 6.54. The van der Waals surface area contributed by atoms with E-state index in [1.54, 1.807) is 13.8 Å². The van der Waals surface area contributed by atoms with E-state index < -0.39 is 12.4 Å². The Bertz CT molecular complexity index is 426. The maximum atomic E-state index is 11.2. The summed E-state index contributed by atoms with van der Waals surface area (Å²) >= 11 is 0. The quantitative estimate of drug-likeness (QED) is 0.596. The number of hydrogen-bond acceptors (Lipinski definition) is 4. The van der Waals surface area contributed by atoms with E-state index in [2.05, 4.69) is 13.8 Å². The fourth-order valence-corrected chi connectivity index (χ4v) is 1.71. The molecular formula is C15H22O4. The zero-order valence-electron chi connectivity index (χ0n) is 12.2. The maximum absolute atomic E-state index is 11.2. The first-order valence-corrected chi connectivity index (χ1v) is 6.54. The van der Waals surface area contributed by atoms with Gasteiger partial charge in [0.1, 0.15) is 5.75 Å². The molecule has 106 valence electrons. The predicted octanol–water partition coefficient (Wildman–Crippen LogP) is 4.02. The molecule has 0 aliphatic heterocycles. The molecule has 1 aromatic carbocycles. The van der Waals surface area contributed by atoms with Crippen LogP contribution in [0.15, 0.2) is 18.2 Å². The molecule has 1 aromatic rings. The SMILES string of the molecule is CCOC(=O)OC(C)Oc1cc(C)ccc1C(C)C. The van der Waals surface area contributed by atoms with E-state index in [9.17, 15) is 4.79 Å². The second-order valence-corrected chi connectivity index (χ2v) is 4.68.